The number of carbonyl (C=O) groups excluding carboxylic acids is 2. The smallest absolute Gasteiger partial charge is 0.373 e. The van der Waals surface area contributed by atoms with Gasteiger partial charge in [-0.2, -0.15) is 9.59 Å². The van der Waals surface area contributed by atoms with Gasteiger partial charge in [0.1, 0.15) is 22.8 Å². The third-order valence-electron chi connectivity index (χ3n) is 12.4. The number of fused-ring (bicyclic) bond motifs is 2. The standard InChI is InChI=1S/C25H30N4O.C24H31N3O.CO2/c1-16-11-21(30-6)12-17(2)24(16)29-15-18(3)23-22(13-19(4)27-25(23)29)28-9-7-20(8-10-28)14-26-5;1-15-7-9-26(10-8-15)21-13-19(5)25-24-22(21)18(4)14-27(24)23-16(2)11-20(28-6)12-17(23)3;2-1-3/h11-13,15,20H,7-10,14H2,1-4,6H3;11-15H,7-10H2,1-6H3;. The number of anilines is 2. The number of hydrogen-bond acceptors (Lipinski definition) is 8. The van der Waals surface area contributed by atoms with Gasteiger partial charge in [-0.3, -0.25) is 0 Å². The predicted molar refractivity (Wildman–Crippen MR) is 245 cm³/mol. The van der Waals surface area contributed by atoms with Crippen LogP contribution in [0.5, 0.6) is 11.5 Å². The molecule has 0 amide bonds. The molecule has 4 aromatic heterocycles. The van der Waals surface area contributed by atoms with Gasteiger partial charge in [0.05, 0.1) is 25.6 Å². The van der Waals surface area contributed by atoms with E-state index in [9.17, 15) is 0 Å². The van der Waals surface area contributed by atoms with E-state index in [1.54, 1.807) is 14.2 Å². The maximum atomic E-state index is 8.12. The lowest BCUT2D eigenvalue weighted by molar-refractivity contribution is -0.191. The number of nitrogens with zero attached hydrogens (tertiary/aromatic N) is 7. The maximum Gasteiger partial charge on any atom is 0.373 e. The average molecular weight is 824 g/mol. The van der Waals surface area contributed by atoms with E-state index >= 15 is 0 Å². The first-order valence-corrected chi connectivity index (χ1v) is 21.4. The second-order valence-corrected chi connectivity index (χ2v) is 17.1. The summed E-state index contributed by atoms with van der Waals surface area (Å²) in [6.45, 7) is 31.6. The van der Waals surface area contributed by atoms with Gasteiger partial charge < -0.3 is 33.3 Å². The van der Waals surface area contributed by atoms with E-state index in [1.807, 2.05) is 0 Å². The highest BCUT2D eigenvalue weighted by molar-refractivity contribution is 5.96. The van der Waals surface area contributed by atoms with Crippen LogP contribution in [-0.4, -0.2) is 72.2 Å². The Balaban J connectivity index is 0.000000192. The zero-order chi connectivity index (χ0) is 44.1. The molecule has 6 aromatic rings. The molecule has 6 heterocycles. The number of benzene rings is 2. The van der Waals surface area contributed by atoms with Gasteiger partial charge in [0.2, 0.25) is 6.54 Å². The first kappa shape index (κ1) is 44.4. The number of rotatable bonds is 7. The molecule has 0 N–H and O–H groups in total. The quantitative estimate of drug-likeness (QED) is 0.147. The number of pyridine rings is 2. The SMILES string of the molecule is COc1cc(C)c(-n2cc(C)c3c(N4CCC(C)CC4)cc(C)nc32)c(C)c1.O=C=O.[C-]#[N+]CC1CCN(c2cc(C)nc3c2c(C)cn3-c2c(C)cc(OC)cc2C)CC1. The molecular weight excluding hydrogens is 763 g/mol. The number of hydrogen-bond donors (Lipinski definition) is 0. The Morgan fingerprint density at radius 2 is 0.984 bits per heavy atom. The van der Waals surface area contributed by atoms with Crippen molar-refractivity contribution in [2.24, 2.45) is 11.8 Å². The van der Waals surface area contributed by atoms with Crippen molar-refractivity contribution in [2.45, 2.75) is 88.0 Å². The molecule has 11 nitrogen and oxygen atoms in total. The molecule has 11 heteroatoms. The summed E-state index contributed by atoms with van der Waals surface area (Å²) >= 11 is 0. The summed E-state index contributed by atoms with van der Waals surface area (Å²) in [6.07, 6.45) is 9.41. The van der Waals surface area contributed by atoms with Gasteiger partial charge >= 0.3 is 6.15 Å². The average Bonchev–Trinajstić information content (AvgIpc) is 3.72. The van der Waals surface area contributed by atoms with Crippen molar-refractivity contribution in [3.8, 4) is 22.9 Å². The highest BCUT2D eigenvalue weighted by Crippen LogP contribution is 2.38. The number of methoxy groups -OCH3 is 2. The second kappa shape index (κ2) is 19.1. The Kier molecular flexibility index (Phi) is 13.9. The van der Waals surface area contributed by atoms with Gasteiger partial charge in [0.25, 0.3) is 0 Å². The lowest BCUT2D eigenvalue weighted by Crippen LogP contribution is -2.34. The van der Waals surface area contributed by atoms with Crippen LogP contribution in [0.4, 0.5) is 11.4 Å². The monoisotopic (exact) mass is 823 g/mol. The zero-order valence-corrected chi connectivity index (χ0v) is 37.9. The first-order chi connectivity index (χ1) is 29.2. The lowest BCUT2D eigenvalue weighted by atomic mass is 9.96. The van der Waals surface area contributed by atoms with Crippen LogP contribution in [0, 0.1) is 73.8 Å². The van der Waals surface area contributed by atoms with E-state index < -0.39 is 0 Å². The number of piperidine rings is 2. The zero-order valence-electron chi connectivity index (χ0n) is 37.9. The van der Waals surface area contributed by atoms with E-state index in [4.69, 9.17) is 35.6 Å². The predicted octanol–water partition coefficient (Wildman–Crippen LogP) is 10.3. The third-order valence-corrected chi connectivity index (χ3v) is 12.4. The molecule has 2 aromatic carbocycles. The Labute approximate surface area is 361 Å². The second-order valence-electron chi connectivity index (χ2n) is 17.1. The van der Waals surface area contributed by atoms with E-state index in [0.29, 0.717) is 12.5 Å². The molecule has 0 bridgehead atoms. The van der Waals surface area contributed by atoms with Crippen LogP contribution >= 0.6 is 0 Å². The fraction of sp³-hybridized carbons (Fsp3) is 0.440. The van der Waals surface area contributed by atoms with E-state index in [1.165, 1.54) is 79.7 Å². The van der Waals surface area contributed by atoms with Crippen molar-refractivity contribution in [2.75, 3.05) is 56.7 Å². The molecule has 61 heavy (non-hydrogen) atoms. The fourth-order valence-electron chi connectivity index (χ4n) is 9.43. The number of ether oxygens (including phenoxy) is 2. The van der Waals surface area contributed by atoms with Gasteiger partial charge in [0, 0.05) is 78.0 Å². The van der Waals surface area contributed by atoms with Crippen molar-refractivity contribution in [1.29, 1.82) is 0 Å². The lowest BCUT2D eigenvalue weighted by Gasteiger charge is -2.33. The highest BCUT2D eigenvalue weighted by Gasteiger charge is 2.26. The van der Waals surface area contributed by atoms with Crippen LogP contribution in [0.2, 0.25) is 0 Å². The van der Waals surface area contributed by atoms with E-state index in [2.05, 4.69) is 135 Å². The van der Waals surface area contributed by atoms with Gasteiger partial charge in [-0.25, -0.2) is 16.5 Å². The van der Waals surface area contributed by atoms with Crippen molar-refractivity contribution < 1.29 is 19.1 Å². The van der Waals surface area contributed by atoms with Crippen molar-refractivity contribution in [3.05, 3.63) is 105 Å². The minimum atomic E-state index is 0.250. The van der Waals surface area contributed by atoms with Crippen LogP contribution in [0.3, 0.4) is 0 Å². The summed E-state index contributed by atoms with van der Waals surface area (Å²) in [7, 11) is 3.43. The topological polar surface area (TPSA) is 99.1 Å². The van der Waals surface area contributed by atoms with Crippen LogP contribution in [0.15, 0.2) is 48.8 Å². The highest BCUT2D eigenvalue weighted by atomic mass is 16.5. The number of aryl methyl sites for hydroxylation is 8. The van der Waals surface area contributed by atoms with Gasteiger partial charge in [0.15, 0.2) is 0 Å². The van der Waals surface area contributed by atoms with Crippen molar-refractivity contribution in [3.63, 3.8) is 0 Å². The molecule has 2 fully saturated rings. The molecule has 320 valence electrons. The van der Waals surface area contributed by atoms with Crippen molar-refractivity contribution in [1.82, 2.24) is 19.1 Å². The first-order valence-electron chi connectivity index (χ1n) is 21.4. The Morgan fingerprint density at radius 3 is 1.33 bits per heavy atom. The normalized spacial score (nSPS) is 14.5. The third kappa shape index (κ3) is 9.30. The molecule has 0 spiro atoms. The van der Waals surface area contributed by atoms with E-state index in [0.717, 1.165) is 79.1 Å². The summed E-state index contributed by atoms with van der Waals surface area (Å²) < 4.78 is 15.4. The Morgan fingerprint density at radius 1 is 0.623 bits per heavy atom. The van der Waals surface area contributed by atoms with Gasteiger partial charge in [-0.05, 0) is 157 Å². The molecular formula is C50H61N7O4. The van der Waals surface area contributed by atoms with Gasteiger partial charge in [-0.15, -0.1) is 0 Å². The minimum Gasteiger partial charge on any atom is -0.497 e. The molecule has 2 saturated heterocycles. The van der Waals surface area contributed by atoms with Crippen LogP contribution in [0.25, 0.3) is 38.3 Å². The maximum absolute atomic E-state index is 8.12. The molecule has 2 aliphatic rings. The molecule has 0 saturated carbocycles. The Bertz CT molecular complexity index is 2560. The largest absolute Gasteiger partial charge is 0.497 e. The summed E-state index contributed by atoms with van der Waals surface area (Å²) in [6, 6.07) is 12.9. The summed E-state index contributed by atoms with van der Waals surface area (Å²) in [5, 5.41) is 2.52. The van der Waals surface area contributed by atoms with Crippen LogP contribution in [0.1, 0.15) is 77.4 Å². The number of aromatic nitrogens is 4. The molecule has 2 aliphatic heterocycles. The molecule has 0 radical (unpaired) electrons. The fourth-order valence-corrected chi connectivity index (χ4v) is 9.43. The molecule has 0 aliphatic carbocycles. The molecule has 8 rings (SSSR count). The summed E-state index contributed by atoms with van der Waals surface area (Å²) in [5.41, 5.74) is 16.4. The van der Waals surface area contributed by atoms with Crippen LogP contribution < -0.4 is 19.3 Å². The summed E-state index contributed by atoms with van der Waals surface area (Å²) in [5.74, 6) is 3.14. The summed E-state index contributed by atoms with van der Waals surface area (Å²) in [4.78, 5) is 34.8. The van der Waals surface area contributed by atoms with Crippen LogP contribution in [-0.2, 0) is 9.59 Å². The van der Waals surface area contributed by atoms with E-state index in [-0.39, 0.29) is 6.15 Å². The molecule has 0 atom stereocenters. The molecule has 0 unspecified atom stereocenters. The van der Waals surface area contributed by atoms with Gasteiger partial charge in [-0.1, -0.05) is 6.92 Å². The Hall–Kier alpha value is -6.11. The van der Waals surface area contributed by atoms with Crippen molar-refractivity contribution >= 4 is 39.6 Å². The minimum absolute atomic E-state index is 0.250.